The van der Waals surface area contributed by atoms with Gasteiger partial charge in [0.1, 0.15) is 11.5 Å². The van der Waals surface area contributed by atoms with E-state index in [1.807, 2.05) is 6.92 Å². The fourth-order valence-corrected chi connectivity index (χ4v) is 1.21. The van der Waals surface area contributed by atoms with Crippen molar-refractivity contribution in [1.29, 1.82) is 0 Å². The molecule has 3 nitrogen and oxygen atoms in total. The number of esters is 1. The maximum atomic E-state index is 13.0. The molecular weight excluding hydrogens is 209 g/mol. The van der Waals surface area contributed by atoms with Crippen LogP contribution in [-0.2, 0) is 9.53 Å². The van der Waals surface area contributed by atoms with Gasteiger partial charge in [-0.3, -0.25) is 0 Å². The van der Waals surface area contributed by atoms with E-state index in [1.165, 1.54) is 18.2 Å². The molecular formula is C12H14FNO2. The van der Waals surface area contributed by atoms with Crippen LogP contribution in [0.1, 0.15) is 18.1 Å². The number of hydrogen-bond donors (Lipinski definition) is 1. The second-order valence-electron chi connectivity index (χ2n) is 3.32. The predicted molar refractivity (Wildman–Crippen MR) is 59.9 cm³/mol. The lowest BCUT2D eigenvalue weighted by Crippen LogP contribution is -2.14. The summed E-state index contributed by atoms with van der Waals surface area (Å²) in [6, 6.07) is 4.30. The summed E-state index contributed by atoms with van der Waals surface area (Å²) >= 11 is 0. The zero-order valence-corrected chi connectivity index (χ0v) is 9.29. The molecule has 16 heavy (non-hydrogen) atoms. The van der Waals surface area contributed by atoms with Gasteiger partial charge in [0.15, 0.2) is 0 Å². The molecule has 1 rings (SSSR count). The lowest BCUT2D eigenvalue weighted by Gasteiger charge is -2.04. The summed E-state index contributed by atoms with van der Waals surface area (Å²) in [7, 11) is 0. The van der Waals surface area contributed by atoms with Gasteiger partial charge in [-0.1, -0.05) is 6.07 Å². The Morgan fingerprint density at radius 1 is 1.56 bits per heavy atom. The summed E-state index contributed by atoms with van der Waals surface area (Å²) in [6.45, 7) is 3.76. The molecule has 86 valence electrons. The third kappa shape index (κ3) is 3.08. The Balaban J connectivity index is 2.97. The van der Waals surface area contributed by atoms with E-state index in [4.69, 9.17) is 10.5 Å². The Bertz CT molecular complexity index is 427. The van der Waals surface area contributed by atoms with Crippen molar-refractivity contribution in [2.45, 2.75) is 13.8 Å². The van der Waals surface area contributed by atoms with Crippen LogP contribution < -0.4 is 5.73 Å². The second-order valence-corrected chi connectivity index (χ2v) is 3.32. The van der Waals surface area contributed by atoms with Gasteiger partial charge < -0.3 is 10.5 Å². The van der Waals surface area contributed by atoms with Crippen molar-refractivity contribution in [3.63, 3.8) is 0 Å². The first-order valence-electron chi connectivity index (χ1n) is 4.95. The number of hydrogen-bond acceptors (Lipinski definition) is 3. The summed E-state index contributed by atoms with van der Waals surface area (Å²) in [5.74, 6) is -0.959. The van der Waals surface area contributed by atoms with E-state index in [-0.39, 0.29) is 18.1 Å². The molecule has 4 heteroatoms. The maximum Gasteiger partial charge on any atom is 0.354 e. The summed E-state index contributed by atoms with van der Waals surface area (Å²) in [5, 5.41) is 0. The molecule has 0 atom stereocenters. The van der Waals surface area contributed by atoms with E-state index in [1.54, 1.807) is 13.0 Å². The Labute approximate surface area is 93.7 Å². The summed E-state index contributed by atoms with van der Waals surface area (Å²) in [6.07, 6.45) is 1.41. The Morgan fingerprint density at radius 2 is 2.25 bits per heavy atom. The molecule has 2 N–H and O–H groups in total. The molecule has 0 heterocycles. The van der Waals surface area contributed by atoms with Crippen LogP contribution >= 0.6 is 0 Å². The number of rotatable bonds is 3. The fourth-order valence-electron chi connectivity index (χ4n) is 1.21. The lowest BCUT2D eigenvalue weighted by molar-refractivity contribution is -0.138. The highest BCUT2D eigenvalue weighted by molar-refractivity contribution is 5.92. The molecule has 0 radical (unpaired) electrons. The van der Waals surface area contributed by atoms with Crippen LogP contribution in [0.3, 0.4) is 0 Å². The minimum Gasteiger partial charge on any atom is -0.461 e. The Kier molecular flexibility index (Phi) is 4.05. The van der Waals surface area contributed by atoms with E-state index < -0.39 is 5.97 Å². The molecule has 0 bridgehead atoms. The number of carbonyl (C=O) groups excluding carboxylic acids is 1. The molecule has 0 saturated heterocycles. The number of carbonyl (C=O) groups is 1. The highest BCUT2D eigenvalue weighted by Gasteiger charge is 2.06. The van der Waals surface area contributed by atoms with Gasteiger partial charge in [0, 0.05) is 0 Å². The molecule has 0 aromatic heterocycles. The van der Waals surface area contributed by atoms with Gasteiger partial charge in [-0.05, 0) is 43.2 Å². The van der Waals surface area contributed by atoms with E-state index in [0.717, 1.165) is 5.56 Å². The summed E-state index contributed by atoms with van der Waals surface area (Å²) < 4.78 is 17.7. The molecule has 0 aliphatic carbocycles. The lowest BCUT2D eigenvalue weighted by atomic mass is 10.1. The Hall–Kier alpha value is -1.84. The molecule has 0 aliphatic rings. The summed E-state index contributed by atoms with van der Waals surface area (Å²) in [5.41, 5.74) is 6.90. The molecule has 0 spiro atoms. The number of benzene rings is 1. The maximum absolute atomic E-state index is 13.0. The van der Waals surface area contributed by atoms with Crippen molar-refractivity contribution >= 4 is 12.0 Å². The molecule has 0 aliphatic heterocycles. The van der Waals surface area contributed by atoms with Gasteiger partial charge in [0.05, 0.1) is 6.61 Å². The zero-order chi connectivity index (χ0) is 12.1. The van der Waals surface area contributed by atoms with Crippen LogP contribution in [0.5, 0.6) is 0 Å². The van der Waals surface area contributed by atoms with Crippen LogP contribution in [0.2, 0.25) is 0 Å². The number of aryl methyl sites for hydroxylation is 1. The third-order valence-electron chi connectivity index (χ3n) is 2.06. The SMILES string of the molecule is CCOC(=O)/C(N)=C/c1cc(F)ccc1C. The van der Waals surface area contributed by atoms with Crippen LogP contribution in [0, 0.1) is 12.7 Å². The van der Waals surface area contributed by atoms with Gasteiger partial charge in [-0.15, -0.1) is 0 Å². The average Bonchev–Trinajstić information content (AvgIpc) is 2.23. The van der Waals surface area contributed by atoms with E-state index in [0.29, 0.717) is 5.56 Å². The molecule has 1 aromatic carbocycles. The minimum atomic E-state index is -0.592. The van der Waals surface area contributed by atoms with Gasteiger partial charge >= 0.3 is 5.97 Å². The predicted octanol–water partition coefficient (Wildman–Crippen LogP) is 2.00. The monoisotopic (exact) mass is 223 g/mol. The first-order valence-corrected chi connectivity index (χ1v) is 4.95. The molecule has 1 aromatic rings. The van der Waals surface area contributed by atoms with Crippen LogP contribution in [-0.4, -0.2) is 12.6 Å². The van der Waals surface area contributed by atoms with Gasteiger partial charge in [0.2, 0.25) is 0 Å². The van der Waals surface area contributed by atoms with Crippen LogP contribution in [0.4, 0.5) is 4.39 Å². The third-order valence-corrected chi connectivity index (χ3v) is 2.06. The minimum absolute atomic E-state index is 0.0319. The van der Waals surface area contributed by atoms with E-state index in [2.05, 4.69) is 0 Å². The van der Waals surface area contributed by atoms with Crippen molar-refractivity contribution < 1.29 is 13.9 Å². The Morgan fingerprint density at radius 3 is 2.88 bits per heavy atom. The van der Waals surface area contributed by atoms with E-state index in [9.17, 15) is 9.18 Å². The first-order chi connectivity index (χ1) is 7.54. The smallest absolute Gasteiger partial charge is 0.354 e. The summed E-state index contributed by atoms with van der Waals surface area (Å²) in [4.78, 5) is 11.2. The largest absolute Gasteiger partial charge is 0.461 e. The quantitative estimate of drug-likeness (QED) is 0.629. The van der Waals surface area contributed by atoms with Crippen molar-refractivity contribution in [2.24, 2.45) is 5.73 Å². The number of nitrogens with two attached hydrogens (primary N) is 1. The van der Waals surface area contributed by atoms with Gasteiger partial charge in [-0.2, -0.15) is 0 Å². The first kappa shape index (κ1) is 12.2. The zero-order valence-electron chi connectivity index (χ0n) is 9.29. The topological polar surface area (TPSA) is 52.3 Å². The molecule has 0 unspecified atom stereocenters. The van der Waals surface area contributed by atoms with Crippen molar-refractivity contribution in [1.82, 2.24) is 0 Å². The van der Waals surface area contributed by atoms with E-state index >= 15 is 0 Å². The standard InChI is InChI=1S/C12H14FNO2/c1-3-16-12(15)11(14)7-9-6-10(13)5-4-8(9)2/h4-7H,3,14H2,1-2H3/b11-7-. The average molecular weight is 223 g/mol. The van der Waals surface area contributed by atoms with Crippen molar-refractivity contribution in [3.8, 4) is 0 Å². The molecule has 0 saturated carbocycles. The van der Waals surface area contributed by atoms with Gasteiger partial charge in [0.25, 0.3) is 0 Å². The van der Waals surface area contributed by atoms with Crippen LogP contribution in [0.25, 0.3) is 6.08 Å². The fraction of sp³-hybridized carbons (Fsp3) is 0.250. The molecule has 0 fully saturated rings. The van der Waals surface area contributed by atoms with Crippen molar-refractivity contribution in [3.05, 3.63) is 40.8 Å². The number of halogens is 1. The number of ether oxygens (including phenoxy) is 1. The second kappa shape index (κ2) is 5.30. The highest BCUT2D eigenvalue weighted by atomic mass is 19.1. The van der Waals surface area contributed by atoms with Crippen LogP contribution in [0.15, 0.2) is 23.9 Å². The highest BCUT2D eigenvalue weighted by Crippen LogP contribution is 2.13. The van der Waals surface area contributed by atoms with Gasteiger partial charge in [-0.25, -0.2) is 9.18 Å². The normalized spacial score (nSPS) is 11.3. The van der Waals surface area contributed by atoms with Crippen molar-refractivity contribution in [2.75, 3.05) is 6.61 Å². The molecule has 0 amide bonds.